The van der Waals surface area contributed by atoms with Crippen LogP contribution in [0.15, 0.2) is 72.9 Å². The molecule has 1 aromatic heterocycles. The van der Waals surface area contributed by atoms with E-state index in [0.29, 0.717) is 0 Å². The summed E-state index contributed by atoms with van der Waals surface area (Å²) in [4.78, 5) is 17.8. The van der Waals surface area contributed by atoms with E-state index in [1.807, 2.05) is 59.6 Å². The van der Waals surface area contributed by atoms with Crippen LogP contribution < -0.4 is 10.1 Å². The van der Waals surface area contributed by atoms with E-state index < -0.39 is 0 Å². The minimum absolute atomic E-state index is 0.145. The molecular weight excluding hydrogens is 362 g/mol. The van der Waals surface area contributed by atoms with Crippen LogP contribution in [-0.2, 0) is 4.79 Å². The van der Waals surface area contributed by atoms with Crippen molar-refractivity contribution in [2.24, 2.45) is 0 Å². The molecule has 0 aliphatic carbocycles. The second kappa shape index (κ2) is 8.78. The Morgan fingerprint density at radius 2 is 1.66 bits per heavy atom. The third kappa shape index (κ3) is 4.93. The lowest BCUT2D eigenvalue weighted by molar-refractivity contribution is -0.130. The highest BCUT2D eigenvalue weighted by Crippen LogP contribution is 2.25. The van der Waals surface area contributed by atoms with Gasteiger partial charge in [0.05, 0.1) is 0 Å². The average molecular weight is 387 g/mol. The van der Waals surface area contributed by atoms with Gasteiger partial charge in [0.15, 0.2) is 0 Å². The zero-order valence-electron chi connectivity index (χ0n) is 16.5. The van der Waals surface area contributed by atoms with Gasteiger partial charge in [-0.15, -0.1) is 0 Å². The number of carbonyl (C=O) groups is 1. The Morgan fingerprint density at radius 3 is 2.28 bits per heavy atom. The minimum Gasteiger partial charge on any atom is -0.490 e. The smallest absolute Gasteiger partial charge is 0.219 e. The summed E-state index contributed by atoms with van der Waals surface area (Å²) < 4.78 is 6.10. The summed E-state index contributed by atoms with van der Waals surface area (Å²) in [6, 6.07) is 22.2. The Morgan fingerprint density at radius 1 is 0.966 bits per heavy atom. The molecule has 1 fully saturated rings. The van der Waals surface area contributed by atoms with Crippen LogP contribution in [0.4, 0.5) is 11.5 Å². The van der Waals surface area contributed by atoms with Gasteiger partial charge in [0.25, 0.3) is 0 Å². The van der Waals surface area contributed by atoms with Gasteiger partial charge >= 0.3 is 0 Å². The number of aromatic nitrogens is 1. The molecule has 1 aliphatic heterocycles. The lowest BCUT2D eigenvalue weighted by atomic mass is 10.1. The second-order valence-corrected chi connectivity index (χ2v) is 7.27. The number of ether oxygens (including phenoxy) is 1. The van der Waals surface area contributed by atoms with Crippen molar-refractivity contribution < 1.29 is 9.53 Å². The summed E-state index contributed by atoms with van der Waals surface area (Å²) >= 11 is 0. The number of anilines is 2. The van der Waals surface area contributed by atoms with E-state index in [9.17, 15) is 4.79 Å². The molecular formula is C24H25N3O2. The van der Waals surface area contributed by atoms with Crippen LogP contribution in [0.25, 0.3) is 11.1 Å². The SMILES string of the molecule is CC(=O)N1CCC(Oc2ccc(-c3ccc(Nc4ccccc4)nc3)cc2)CC1. The number of likely N-dealkylation sites (tertiary alicyclic amines) is 1. The van der Waals surface area contributed by atoms with Gasteiger partial charge in [-0.1, -0.05) is 30.3 Å². The Labute approximate surface area is 171 Å². The summed E-state index contributed by atoms with van der Waals surface area (Å²) in [5.41, 5.74) is 3.18. The fraction of sp³-hybridized carbons (Fsp3) is 0.250. The average Bonchev–Trinajstić information content (AvgIpc) is 2.76. The first-order valence-electron chi connectivity index (χ1n) is 9.98. The highest BCUT2D eigenvalue weighted by molar-refractivity contribution is 5.73. The highest BCUT2D eigenvalue weighted by atomic mass is 16.5. The predicted octanol–water partition coefficient (Wildman–Crippen LogP) is 4.88. The summed E-state index contributed by atoms with van der Waals surface area (Å²) in [5, 5.41) is 3.29. The zero-order chi connectivity index (χ0) is 20.1. The number of nitrogens with one attached hydrogen (secondary N) is 1. The normalized spacial score (nSPS) is 14.4. The first-order valence-corrected chi connectivity index (χ1v) is 9.98. The van der Waals surface area contributed by atoms with Crippen LogP contribution in [0.2, 0.25) is 0 Å². The van der Waals surface area contributed by atoms with Gasteiger partial charge in [-0.25, -0.2) is 4.98 Å². The fourth-order valence-electron chi connectivity index (χ4n) is 3.51. The summed E-state index contributed by atoms with van der Waals surface area (Å²) in [6.45, 7) is 3.17. The molecule has 0 spiro atoms. The number of hydrogen-bond acceptors (Lipinski definition) is 4. The largest absolute Gasteiger partial charge is 0.490 e. The predicted molar refractivity (Wildman–Crippen MR) is 115 cm³/mol. The number of hydrogen-bond donors (Lipinski definition) is 1. The molecule has 1 amide bonds. The first-order chi connectivity index (χ1) is 14.2. The monoisotopic (exact) mass is 387 g/mol. The van der Waals surface area contributed by atoms with E-state index in [-0.39, 0.29) is 12.0 Å². The molecule has 148 valence electrons. The van der Waals surface area contributed by atoms with Gasteiger partial charge in [0.2, 0.25) is 5.91 Å². The van der Waals surface area contributed by atoms with Crippen molar-refractivity contribution in [2.75, 3.05) is 18.4 Å². The van der Waals surface area contributed by atoms with Gasteiger partial charge in [-0.3, -0.25) is 4.79 Å². The number of para-hydroxylation sites is 1. The molecule has 2 aromatic carbocycles. The summed E-state index contributed by atoms with van der Waals surface area (Å²) in [6.07, 6.45) is 3.79. The Hall–Kier alpha value is -3.34. The number of amides is 1. The molecule has 1 saturated heterocycles. The third-order valence-corrected chi connectivity index (χ3v) is 5.19. The van der Waals surface area contributed by atoms with E-state index in [2.05, 4.69) is 28.5 Å². The quantitative estimate of drug-likeness (QED) is 0.678. The van der Waals surface area contributed by atoms with Crippen LogP contribution in [0.1, 0.15) is 19.8 Å². The summed E-state index contributed by atoms with van der Waals surface area (Å²) in [5.74, 6) is 1.83. The number of carbonyl (C=O) groups excluding carboxylic acids is 1. The van der Waals surface area contributed by atoms with Crippen LogP contribution in [0.5, 0.6) is 5.75 Å². The molecule has 4 rings (SSSR count). The van der Waals surface area contributed by atoms with Crippen LogP contribution in [0.3, 0.4) is 0 Å². The molecule has 0 bridgehead atoms. The van der Waals surface area contributed by atoms with Crippen LogP contribution >= 0.6 is 0 Å². The van der Waals surface area contributed by atoms with E-state index in [1.165, 1.54) is 0 Å². The molecule has 0 saturated carbocycles. The fourth-order valence-corrected chi connectivity index (χ4v) is 3.51. The molecule has 0 atom stereocenters. The lowest BCUT2D eigenvalue weighted by Crippen LogP contribution is -2.40. The van der Waals surface area contributed by atoms with E-state index in [0.717, 1.165) is 54.3 Å². The van der Waals surface area contributed by atoms with Gasteiger partial charge < -0.3 is 15.0 Å². The number of nitrogens with zero attached hydrogens (tertiary/aromatic N) is 2. The maximum Gasteiger partial charge on any atom is 0.219 e. The van der Waals surface area contributed by atoms with E-state index in [1.54, 1.807) is 6.92 Å². The molecule has 0 radical (unpaired) electrons. The maximum atomic E-state index is 11.4. The first kappa shape index (κ1) is 19.0. The van der Waals surface area contributed by atoms with Gasteiger partial charge in [-0.2, -0.15) is 0 Å². The Kier molecular flexibility index (Phi) is 5.75. The van der Waals surface area contributed by atoms with Crippen LogP contribution in [-0.4, -0.2) is 35.0 Å². The van der Waals surface area contributed by atoms with Crippen molar-refractivity contribution in [1.82, 2.24) is 9.88 Å². The third-order valence-electron chi connectivity index (χ3n) is 5.19. The van der Waals surface area contributed by atoms with Gasteiger partial charge in [-0.05, 0) is 42.0 Å². The molecule has 0 unspecified atom stereocenters. The highest BCUT2D eigenvalue weighted by Gasteiger charge is 2.21. The topological polar surface area (TPSA) is 54.5 Å². The van der Waals surface area contributed by atoms with Crippen molar-refractivity contribution in [3.8, 4) is 16.9 Å². The van der Waals surface area contributed by atoms with Gasteiger partial charge in [0.1, 0.15) is 17.7 Å². The molecule has 5 heteroatoms. The Bertz CT molecular complexity index is 932. The van der Waals surface area contributed by atoms with E-state index in [4.69, 9.17) is 4.74 Å². The molecule has 5 nitrogen and oxygen atoms in total. The maximum absolute atomic E-state index is 11.4. The molecule has 2 heterocycles. The molecule has 1 aliphatic rings. The van der Waals surface area contributed by atoms with Crippen molar-refractivity contribution in [1.29, 1.82) is 0 Å². The van der Waals surface area contributed by atoms with E-state index >= 15 is 0 Å². The zero-order valence-corrected chi connectivity index (χ0v) is 16.5. The number of rotatable bonds is 5. The van der Waals surface area contributed by atoms with Crippen molar-refractivity contribution >= 4 is 17.4 Å². The standard InChI is InChI=1S/C24H25N3O2/c1-18(28)27-15-13-23(14-16-27)29-22-10-7-19(8-11-22)20-9-12-24(25-17-20)26-21-5-3-2-4-6-21/h2-12,17,23H,13-16H2,1H3,(H,25,26). The lowest BCUT2D eigenvalue weighted by Gasteiger charge is -2.31. The Balaban J connectivity index is 1.35. The molecule has 1 N–H and O–H groups in total. The van der Waals surface area contributed by atoms with Crippen molar-refractivity contribution in [2.45, 2.75) is 25.9 Å². The number of pyridine rings is 1. The second-order valence-electron chi connectivity index (χ2n) is 7.27. The van der Waals surface area contributed by atoms with Crippen molar-refractivity contribution in [3.63, 3.8) is 0 Å². The number of piperidine rings is 1. The molecule has 29 heavy (non-hydrogen) atoms. The number of benzene rings is 2. The minimum atomic E-state index is 0.145. The van der Waals surface area contributed by atoms with Gasteiger partial charge in [0, 0.05) is 50.3 Å². The van der Waals surface area contributed by atoms with Crippen LogP contribution in [0, 0.1) is 0 Å². The molecule has 3 aromatic rings. The van der Waals surface area contributed by atoms with Crippen molar-refractivity contribution in [3.05, 3.63) is 72.9 Å². The summed E-state index contributed by atoms with van der Waals surface area (Å²) in [7, 11) is 0.